The molecule has 166 valence electrons. The van der Waals surface area contributed by atoms with Crippen LogP contribution >= 0.6 is 0 Å². The second-order valence-corrected chi connectivity index (χ2v) is 7.76. The standard InChI is InChI=1S/C24H34O6/c1-18-11-5-2-9-15-22-24(28)21(26)17-20(30-22)14-8-3-6-12-19(25)13-7-4-10-16-23(27)29-18/h3-4,6-10,12,15-16,18-22,24-26,28H,2,5,11,13-14,17H2,1H3/b7-4-,8-3-,12-6-,15-9-,16-10-/t18-,19-,20+,21-,22+,24-/m1/s1. The van der Waals surface area contributed by atoms with E-state index >= 15 is 0 Å². The first kappa shape index (κ1) is 24.3. The maximum atomic E-state index is 11.8. The number of cyclic esters (lactones) is 1. The van der Waals surface area contributed by atoms with Crippen molar-refractivity contribution in [1.29, 1.82) is 0 Å². The van der Waals surface area contributed by atoms with Crippen LogP contribution in [0, 0.1) is 0 Å². The molecular formula is C24H34O6. The average Bonchev–Trinajstić information content (AvgIpc) is 2.69. The Kier molecular flexibility index (Phi) is 10.8. The number of aliphatic hydroxyl groups is 3. The molecule has 0 aromatic heterocycles. The molecular weight excluding hydrogens is 384 g/mol. The molecule has 0 amide bonds. The van der Waals surface area contributed by atoms with Crippen molar-refractivity contribution in [1.82, 2.24) is 0 Å². The number of ether oxygens (including phenoxy) is 2. The Morgan fingerprint density at radius 3 is 2.57 bits per heavy atom. The number of carbonyl (C=O) groups is 1. The highest BCUT2D eigenvalue weighted by molar-refractivity contribution is 5.82. The van der Waals surface area contributed by atoms with Crippen LogP contribution in [0.2, 0.25) is 0 Å². The molecule has 2 aliphatic heterocycles. The normalized spacial score (nSPS) is 40.1. The molecule has 0 unspecified atom stereocenters. The maximum absolute atomic E-state index is 11.8. The van der Waals surface area contributed by atoms with Crippen LogP contribution in [0.4, 0.5) is 0 Å². The van der Waals surface area contributed by atoms with E-state index in [1.54, 1.807) is 36.5 Å². The van der Waals surface area contributed by atoms with Gasteiger partial charge in [0.25, 0.3) is 0 Å². The summed E-state index contributed by atoms with van der Waals surface area (Å²) in [6, 6.07) is 0. The van der Waals surface area contributed by atoms with Crippen molar-refractivity contribution >= 4 is 5.97 Å². The van der Waals surface area contributed by atoms with Crippen LogP contribution in [0.25, 0.3) is 0 Å². The van der Waals surface area contributed by atoms with Crippen molar-refractivity contribution in [2.24, 2.45) is 0 Å². The molecule has 0 spiro atoms. The SMILES string of the molecule is C[C@@H]1CCC/C=C\[C@@H]2O[C@@H](C/C=C\C=C/[C@@H](O)C/C=C\C=C/C(=O)O1)C[C@@H](O)[C@H]2O. The molecule has 6 atom stereocenters. The summed E-state index contributed by atoms with van der Waals surface area (Å²) in [5.74, 6) is -0.394. The van der Waals surface area contributed by atoms with E-state index in [-0.39, 0.29) is 12.2 Å². The summed E-state index contributed by atoms with van der Waals surface area (Å²) in [5.41, 5.74) is 0. The summed E-state index contributed by atoms with van der Waals surface area (Å²) >= 11 is 0. The Balaban J connectivity index is 2.02. The Bertz CT molecular complexity index is 663. The summed E-state index contributed by atoms with van der Waals surface area (Å²) in [7, 11) is 0. The smallest absolute Gasteiger partial charge is 0.331 e. The van der Waals surface area contributed by atoms with Crippen LogP contribution in [0.1, 0.15) is 45.4 Å². The Labute approximate surface area is 178 Å². The van der Waals surface area contributed by atoms with Crippen molar-refractivity contribution in [3.05, 3.63) is 60.8 Å². The second kappa shape index (κ2) is 13.3. The molecule has 0 saturated carbocycles. The highest BCUT2D eigenvalue weighted by Crippen LogP contribution is 2.24. The highest BCUT2D eigenvalue weighted by atomic mass is 16.5. The summed E-state index contributed by atoms with van der Waals surface area (Å²) in [4.78, 5) is 11.8. The zero-order chi connectivity index (χ0) is 21.8. The lowest BCUT2D eigenvalue weighted by molar-refractivity contribution is -0.149. The second-order valence-electron chi connectivity index (χ2n) is 7.76. The summed E-state index contributed by atoms with van der Waals surface area (Å²) in [6.07, 6.45) is 17.9. The molecule has 3 N–H and O–H groups in total. The first-order valence-electron chi connectivity index (χ1n) is 10.7. The van der Waals surface area contributed by atoms with Crippen molar-refractivity contribution in [3.63, 3.8) is 0 Å². The Morgan fingerprint density at radius 2 is 1.73 bits per heavy atom. The van der Waals surface area contributed by atoms with Crippen molar-refractivity contribution in [3.8, 4) is 0 Å². The zero-order valence-electron chi connectivity index (χ0n) is 17.5. The van der Waals surface area contributed by atoms with Gasteiger partial charge in [0.2, 0.25) is 0 Å². The zero-order valence-corrected chi connectivity index (χ0v) is 17.5. The van der Waals surface area contributed by atoms with Gasteiger partial charge in [-0.3, -0.25) is 0 Å². The van der Waals surface area contributed by atoms with Gasteiger partial charge in [0.15, 0.2) is 0 Å². The molecule has 0 aliphatic carbocycles. The van der Waals surface area contributed by atoms with Gasteiger partial charge in [0.05, 0.1) is 24.4 Å². The highest BCUT2D eigenvalue weighted by Gasteiger charge is 2.34. The number of esters is 1. The number of hydrogen-bond acceptors (Lipinski definition) is 6. The van der Waals surface area contributed by atoms with Gasteiger partial charge in [-0.05, 0) is 39.0 Å². The third-order valence-electron chi connectivity index (χ3n) is 5.05. The summed E-state index contributed by atoms with van der Waals surface area (Å²) < 4.78 is 11.3. The predicted molar refractivity (Wildman–Crippen MR) is 116 cm³/mol. The predicted octanol–water partition coefficient (Wildman–Crippen LogP) is 2.90. The van der Waals surface area contributed by atoms with Gasteiger partial charge in [0.1, 0.15) is 12.2 Å². The van der Waals surface area contributed by atoms with E-state index in [4.69, 9.17) is 9.47 Å². The quantitative estimate of drug-likeness (QED) is 0.414. The van der Waals surface area contributed by atoms with E-state index in [9.17, 15) is 20.1 Å². The molecule has 2 aliphatic rings. The number of allylic oxidation sites excluding steroid dienone is 5. The van der Waals surface area contributed by atoms with Gasteiger partial charge in [-0.25, -0.2) is 4.79 Å². The molecule has 6 heteroatoms. The van der Waals surface area contributed by atoms with Crippen molar-refractivity contribution in [2.45, 2.75) is 82.1 Å². The van der Waals surface area contributed by atoms with Gasteiger partial charge < -0.3 is 24.8 Å². The lowest BCUT2D eigenvalue weighted by Gasteiger charge is -2.35. The fourth-order valence-electron chi connectivity index (χ4n) is 3.36. The molecule has 0 radical (unpaired) electrons. The topological polar surface area (TPSA) is 96.2 Å². The van der Waals surface area contributed by atoms with E-state index in [2.05, 4.69) is 0 Å². The van der Waals surface area contributed by atoms with Gasteiger partial charge >= 0.3 is 5.97 Å². The van der Waals surface area contributed by atoms with E-state index in [0.29, 0.717) is 19.3 Å². The fraction of sp³-hybridized carbons (Fsp3) is 0.542. The number of hydrogen-bond donors (Lipinski definition) is 3. The molecule has 0 aromatic carbocycles. The van der Waals surface area contributed by atoms with Gasteiger partial charge in [0, 0.05) is 12.5 Å². The number of fused-ring (bicyclic) bond motifs is 2. The van der Waals surface area contributed by atoms with Gasteiger partial charge in [-0.2, -0.15) is 0 Å². The van der Waals surface area contributed by atoms with E-state index < -0.39 is 30.4 Å². The largest absolute Gasteiger partial charge is 0.460 e. The van der Waals surface area contributed by atoms with E-state index in [0.717, 1.165) is 19.3 Å². The summed E-state index contributed by atoms with van der Waals surface area (Å²) in [5, 5.41) is 30.3. The molecule has 2 rings (SSSR count). The maximum Gasteiger partial charge on any atom is 0.331 e. The minimum absolute atomic E-state index is 0.181. The van der Waals surface area contributed by atoms with Gasteiger partial charge in [-0.1, -0.05) is 54.7 Å². The average molecular weight is 419 g/mol. The molecule has 30 heavy (non-hydrogen) atoms. The molecule has 1 saturated heterocycles. The summed E-state index contributed by atoms with van der Waals surface area (Å²) in [6.45, 7) is 1.86. The monoisotopic (exact) mass is 418 g/mol. The van der Waals surface area contributed by atoms with Crippen LogP contribution in [0.15, 0.2) is 60.8 Å². The first-order valence-corrected chi connectivity index (χ1v) is 10.7. The molecule has 0 aromatic rings. The molecule has 1 fully saturated rings. The number of rotatable bonds is 0. The fourth-order valence-corrected chi connectivity index (χ4v) is 3.36. The number of carbonyl (C=O) groups excluding carboxylic acids is 1. The van der Waals surface area contributed by atoms with Crippen molar-refractivity contribution < 1.29 is 29.6 Å². The van der Waals surface area contributed by atoms with Crippen LogP contribution in [0.3, 0.4) is 0 Å². The number of aliphatic hydroxyl groups excluding tert-OH is 3. The van der Waals surface area contributed by atoms with Crippen LogP contribution in [-0.4, -0.2) is 57.9 Å². The third-order valence-corrected chi connectivity index (χ3v) is 5.05. The minimum Gasteiger partial charge on any atom is -0.460 e. The lowest BCUT2D eigenvalue weighted by atomic mass is 9.95. The Morgan fingerprint density at radius 1 is 0.967 bits per heavy atom. The first-order chi connectivity index (χ1) is 14.5. The van der Waals surface area contributed by atoms with E-state index in [1.807, 2.05) is 25.2 Å². The minimum atomic E-state index is -0.943. The molecule has 2 bridgehead atoms. The lowest BCUT2D eigenvalue weighted by Crippen LogP contribution is -2.47. The molecule has 6 nitrogen and oxygen atoms in total. The molecule has 2 heterocycles. The van der Waals surface area contributed by atoms with Crippen LogP contribution in [-0.2, 0) is 14.3 Å². The van der Waals surface area contributed by atoms with Crippen molar-refractivity contribution in [2.75, 3.05) is 0 Å². The third kappa shape index (κ3) is 9.22. The van der Waals surface area contributed by atoms with E-state index in [1.165, 1.54) is 6.08 Å². The van der Waals surface area contributed by atoms with Crippen LogP contribution < -0.4 is 0 Å². The van der Waals surface area contributed by atoms with Gasteiger partial charge in [-0.15, -0.1) is 0 Å². The van der Waals surface area contributed by atoms with Crippen LogP contribution in [0.5, 0.6) is 0 Å². The Hall–Kier alpha value is -1.99.